The van der Waals surface area contributed by atoms with Crippen LogP contribution in [0.15, 0.2) is 22.7 Å². The largest absolute Gasteiger partial charge is 0.380 e. The highest BCUT2D eigenvalue weighted by Gasteiger charge is 2.21. The Morgan fingerprint density at radius 1 is 1.47 bits per heavy atom. The number of amides is 1. The van der Waals surface area contributed by atoms with Crippen LogP contribution in [-0.2, 0) is 16.1 Å². The van der Waals surface area contributed by atoms with E-state index >= 15 is 0 Å². The third kappa shape index (κ3) is 4.51. The van der Waals surface area contributed by atoms with Gasteiger partial charge in [-0.25, -0.2) is 0 Å². The van der Waals surface area contributed by atoms with Gasteiger partial charge in [0, 0.05) is 29.4 Å². The predicted octanol–water partition coefficient (Wildman–Crippen LogP) is 2.53. The lowest BCUT2D eigenvalue weighted by Crippen LogP contribution is -2.31. The molecular formula is C14H19BrN2O2. The summed E-state index contributed by atoms with van der Waals surface area (Å²) in [5.74, 6) is 0.745. The Morgan fingerprint density at radius 2 is 2.26 bits per heavy atom. The number of hydrogen-bond acceptors (Lipinski definition) is 3. The number of anilines is 1. The molecule has 1 amide bonds. The second kappa shape index (κ2) is 6.91. The van der Waals surface area contributed by atoms with Gasteiger partial charge in [-0.05, 0) is 30.9 Å². The van der Waals surface area contributed by atoms with Crippen LogP contribution in [0.1, 0.15) is 18.4 Å². The van der Waals surface area contributed by atoms with Crippen molar-refractivity contribution in [2.24, 2.45) is 5.92 Å². The molecule has 0 atom stereocenters. The molecule has 0 heterocycles. The maximum Gasteiger partial charge on any atom is 0.239 e. The molecule has 0 radical (unpaired) electrons. The lowest BCUT2D eigenvalue weighted by atomic mass is 10.2. The number of nitrogens with one attached hydrogen (secondary N) is 2. The Kier molecular flexibility index (Phi) is 5.22. The maximum atomic E-state index is 11.7. The summed E-state index contributed by atoms with van der Waals surface area (Å²) in [7, 11) is 1.66. The summed E-state index contributed by atoms with van der Waals surface area (Å²) in [5.41, 5.74) is 1.96. The Morgan fingerprint density at radius 3 is 2.95 bits per heavy atom. The highest BCUT2D eigenvalue weighted by molar-refractivity contribution is 9.10. The molecule has 4 nitrogen and oxygen atoms in total. The molecule has 5 heteroatoms. The summed E-state index contributed by atoms with van der Waals surface area (Å²) in [6, 6.07) is 5.85. The lowest BCUT2D eigenvalue weighted by molar-refractivity contribution is -0.119. The molecule has 19 heavy (non-hydrogen) atoms. The van der Waals surface area contributed by atoms with Gasteiger partial charge in [-0.3, -0.25) is 4.79 Å². The quantitative estimate of drug-likeness (QED) is 0.809. The van der Waals surface area contributed by atoms with Gasteiger partial charge in [0.1, 0.15) is 0 Å². The van der Waals surface area contributed by atoms with Crippen LogP contribution in [0.5, 0.6) is 0 Å². The number of halogens is 1. The van der Waals surface area contributed by atoms with E-state index in [4.69, 9.17) is 4.74 Å². The van der Waals surface area contributed by atoms with Crippen molar-refractivity contribution in [1.29, 1.82) is 0 Å². The van der Waals surface area contributed by atoms with Crippen LogP contribution in [0.2, 0.25) is 0 Å². The van der Waals surface area contributed by atoms with Gasteiger partial charge in [-0.1, -0.05) is 22.0 Å². The van der Waals surface area contributed by atoms with Crippen molar-refractivity contribution in [2.75, 3.05) is 25.5 Å². The predicted molar refractivity (Wildman–Crippen MR) is 79.1 cm³/mol. The van der Waals surface area contributed by atoms with Gasteiger partial charge >= 0.3 is 0 Å². The Balaban J connectivity index is 1.86. The molecule has 0 saturated heterocycles. The molecule has 0 unspecified atom stereocenters. The van der Waals surface area contributed by atoms with Gasteiger partial charge in [-0.2, -0.15) is 0 Å². The number of carbonyl (C=O) groups is 1. The highest BCUT2D eigenvalue weighted by atomic mass is 79.9. The topological polar surface area (TPSA) is 50.4 Å². The van der Waals surface area contributed by atoms with E-state index in [1.807, 2.05) is 18.2 Å². The second-order valence-corrected chi connectivity index (χ2v) is 5.65. The number of benzene rings is 1. The van der Waals surface area contributed by atoms with Crippen LogP contribution in [0.3, 0.4) is 0 Å². The molecule has 104 valence electrons. The molecule has 1 aliphatic carbocycles. The van der Waals surface area contributed by atoms with Crippen molar-refractivity contribution >= 4 is 27.5 Å². The monoisotopic (exact) mass is 326 g/mol. The van der Waals surface area contributed by atoms with Crippen molar-refractivity contribution in [3.63, 3.8) is 0 Å². The highest BCUT2D eigenvalue weighted by Crippen LogP contribution is 2.27. The van der Waals surface area contributed by atoms with E-state index in [2.05, 4.69) is 26.6 Å². The molecule has 0 aromatic heterocycles. The van der Waals surface area contributed by atoms with Crippen molar-refractivity contribution in [3.8, 4) is 0 Å². The number of hydrogen-bond donors (Lipinski definition) is 2. The van der Waals surface area contributed by atoms with Crippen molar-refractivity contribution in [2.45, 2.75) is 19.4 Å². The van der Waals surface area contributed by atoms with E-state index in [1.165, 1.54) is 12.8 Å². The first-order chi connectivity index (χ1) is 9.20. The van der Waals surface area contributed by atoms with Crippen LogP contribution in [-0.4, -0.2) is 26.1 Å². The normalized spacial score (nSPS) is 14.2. The Bertz CT molecular complexity index is 447. The minimum Gasteiger partial charge on any atom is -0.380 e. The number of carbonyl (C=O) groups excluding carboxylic acids is 1. The van der Waals surface area contributed by atoms with Crippen molar-refractivity contribution in [3.05, 3.63) is 28.2 Å². The fourth-order valence-electron chi connectivity index (χ4n) is 1.83. The van der Waals surface area contributed by atoms with Crippen molar-refractivity contribution in [1.82, 2.24) is 5.32 Å². The Labute approximate surface area is 122 Å². The molecule has 1 saturated carbocycles. The zero-order chi connectivity index (χ0) is 13.7. The molecule has 0 aliphatic heterocycles. The zero-order valence-electron chi connectivity index (χ0n) is 11.0. The number of ether oxygens (including phenoxy) is 1. The van der Waals surface area contributed by atoms with Gasteiger partial charge in [0.05, 0.1) is 13.2 Å². The number of rotatable bonds is 7. The fraction of sp³-hybridized carbons (Fsp3) is 0.500. The Hall–Kier alpha value is -1.07. The minimum absolute atomic E-state index is 0.0373. The summed E-state index contributed by atoms with van der Waals surface area (Å²) in [4.78, 5) is 11.7. The molecule has 2 rings (SSSR count). The zero-order valence-corrected chi connectivity index (χ0v) is 12.6. The summed E-state index contributed by atoms with van der Waals surface area (Å²) in [5, 5.41) is 6.10. The van der Waals surface area contributed by atoms with E-state index in [0.29, 0.717) is 19.1 Å². The van der Waals surface area contributed by atoms with E-state index in [-0.39, 0.29) is 5.91 Å². The third-order valence-corrected chi connectivity index (χ3v) is 3.87. The second-order valence-electron chi connectivity index (χ2n) is 4.80. The minimum atomic E-state index is 0.0373. The lowest BCUT2D eigenvalue weighted by Gasteiger charge is -2.13. The standard InChI is InChI=1S/C14H19BrN2O2/c1-19-9-11-12(15)3-2-4-13(11)16-8-14(18)17-7-10-5-6-10/h2-4,10,16H,5-9H2,1H3,(H,17,18). The first-order valence-corrected chi connectivity index (χ1v) is 7.27. The summed E-state index contributed by atoms with van der Waals surface area (Å²) in [6.07, 6.45) is 2.49. The molecule has 0 spiro atoms. The molecular weight excluding hydrogens is 308 g/mol. The van der Waals surface area contributed by atoms with E-state index in [9.17, 15) is 4.79 Å². The first kappa shape index (κ1) is 14.3. The van der Waals surface area contributed by atoms with Crippen LogP contribution < -0.4 is 10.6 Å². The fourth-order valence-corrected chi connectivity index (χ4v) is 2.31. The summed E-state index contributed by atoms with van der Waals surface area (Å²) < 4.78 is 6.16. The molecule has 1 aliphatic rings. The van der Waals surface area contributed by atoms with Gasteiger partial charge < -0.3 is 15.4 Å². The van der Waals surface area contributed by atoms with E-state index < -0.39 is 0 Å². The average molecular weight is 327 g/mol. The maximum absolute atomic E-state index is 11.7. The van der Waals surface area contributed by atoms with Crippen LogP contribution >= 0.6 is 15.9 Å². The van der Waals surface area contributed by atoms with Gasteiger partial charge in [0.2, 0.25) is 5.91 Å². The van der Waals surface area contributed by atoms with Gasteiger partial charge in [-0.15, -0.1) is 0 Å². The smallest absolute Gasteiger partial charge is 0.239 e. The van der Waals surface area contributed by atoms with Crippen LogP contribution in [0, 0.1) is 5.92 Å². The summed E-state index contributed by atoms with van der Waals surface area (Å²) >= 11 is 3.49. The molecule has 1 aromatic carbocycles. The SMILES string of the molecule is COCc1c(Br)cccc1NCC(=O)NCC1CC1. The van der Waals surface area contributed by atoms with Crippen LogP contribution in [0.4, 0.5) is 5.69 Å². The summed E-state index contributed by atoms with van der Waals surface area (Å²) in [6.45, 7) is 1.61. The first-order valence-electron chi connectivity index (χ1n) is 6.47. The molecule has 0 bridgehead atoms. The molecule has 2 N–H and O–H groups in total. The van der Waals surface area contributed by atoms with Gasteiger partial charge in [0.15, 0.2) is 0 Å². The molecule has 1 aromatic rings. The number of methoxy groups -OCH3 is 1. The van der Waals surface area contributed by atoms with Gasteiger partial charge in [0.25, 0.3) is 0 Å². The van der Waals surface area contributed by atoms with Crippen LogP contribution in [0.25, 0.3) is 0 Å². The molecule has 1 fully saturated rings. The average Bonchev–Trinajstić information content (AvgIpc) is 3.21. The third-order valence-electron chi connectivity index (χ3n) is 3.13. The van der Waals surface area contributed by atoms with Crippen molar-refractivity contribution < 1.29 is 9.53 Å². The van der Waals surface area contributed by atoms with E-state index in [1.54, 1.807) is 7.11 Å². The van der Waals surface area contributed by atoms with E-state index in [0.717, 1.165) is 22.3 Å².